The molecule has 0 spiro atoms. The van der Waals surface area contributed by atoms with E-state index >= 15 is 0 Å². The maximum absolute atomic E-state index is 13.1. The Kier molecular flexibility index (Phi) is 5.50. The number of carbonyl (C=O) groups excluding carboxylic acids is 1. The van der Waals surface area contributed by atoms with Crippen LogP contribution in [0.25, 0.3) is 16.4 Å². The van der Waals surface area contributed by atoms with E-state index < -0.39 is 5.91 Å². The molecule has 0 atom stereocenters. The van der Waals surface area contributed by atoms with Gasteiger partial charge in [-0.1, -0.05) is 34.5 Å². The first-order valence-corrected chi connectivity index (χ1v) is 10.4. The maximum atomic E-state index is 13.1. The summed E-state index contributed by atoms with van der Waals surface area (Å²) in [5.74, 6) is -0.0933. The Morgan fingerprint density at radius 2 is 2.03 bits per heavy atom. The quantitative estimate of drug-likeness (QED) is 0.412. The molecular formula is C17H10BrCl2N7OS. The molecule has 0 saturated carbocycles. The summed E-state index contributed by atoms with van der Waals surface area (Å²) in [7, 11) is 0. The Bertz CT molecular complexity index is 1230. The number of nitrogens with zero attached hydrogens (tertiary/aromatic N) is 5. The van der Waals surface area contributed by atoms with Crippen molar-refractivity contribution in [3.63, 3.8) is 0 Å². The van der Waals surface area contributed by atoms with Gasteiger partial charge in [-0.05, 0) is 46.3 Å². The van der Waals surface area contributed by atoms with Gasteiger partial charge in [-0.2, -0.15) is 5.10 Å². The SMILES string of the molecule is Nc1nnc(-c2cc(Cl)ccc2NC(=O)c2cc(Br)nn2-c2ncccc2Cl)s1. The van der Waals surface area contributed by atoms with Crippen LogP contribution in [-0.2, 0) is 0 Å². The Morgan fingerprint density at radius 1 is 1.21 bits per heavy atom. The minimum atomic E-state index is -0.425. The minimum absolute atomic E-state index is 0.232. The smallest absolute Gasteiger partial charge is 0.274 e. The normalized spacial score (nSPS) is 10.9. The number of nitrogens with one attached hydrogen (secondary N) is 1. The lowest BCUT2D eigenvalue weighted by Crippen LogP contribution is -2.18. The standard InChI is InChI=1S/C17H10BrCl2N7OS/c18-13-7-12(27(26-13)14-10(20)2-1-5-22-14)15(28)23-11-4-3-8(19)6-9(11)16-24-25-17(21)29-16/h1-7H,(H2,21,25)(H,23,28). The van der Waals surface area contributed by atoms with Crippen LogP contribution in [0.5, 0.6) is 0 Å². The van der Waals surface area contributed by atoms with E-state index in [1.165, 1.54) is 16.0 Å². The number of aromatic nitrogens is 5. The summed E-state index contributed by atoms with van der Waals surface area (Å²) in [5.41, 5.74) is 7.01. The topological polar surface area (TPSA) is 112 Å². The second kappa shape index (κ2) is 8.07. The van der Waals surface area contributed by atoms with Gasteiger partial charge in [0.25, 0.3) is 5.91 Å². The van der Waals surface area contributed by atoms with E-state index in [4.69, 9.17) is 28.9 Å². The third-order valence-electron chi connectivity index (χ3n) is 3.75. The number of anilines is 2. The van der Waals surface area contributed by atoms with Gasteiger partial charge in [-0.15, -0.1) is 10.2 Å². The molecule has 0 aliphatic carbocycles. The van der Waals surface area contributed by atoms with Crippen molar-refractivity contribution in [2.24, 2.45) is 0 Å². The molecule has 12 heteroatoms. The molecule has 0 unspecified atom stereocenters. The van der Waals surface area contributed by atoms with Crippen molar-refractivity contribution in [2.45, 2.75) is 0 Å². The summed E-state index contributed by atoms with van der Waals surface area (Å²) in [5, 5.41) is 16.6. The van der Waals surface area contributed by atoms with Gasteiger partial charge in [0.05, 0.1) is 10.7 Å². The molecule has 4 aromatic rings. The molecule has 0 aliphatic heterocycles. The highest BCUT2D eigenvalue weighted by Gasteiger charge is 2.20. The highest BCUT2D eigenvalue weighted by atomic mass is 79.9. The fourth-order valence-electron chi connectivity index (χ4n) is 2.54. The van der Waals surface area contributed by atoms with Gasteiger partial charge >= 0.3 is 0 Å². The second-order valence-corrected chi connectivity index (χ2v) is 8.33. The number of nitrogen functional groups attached to an aromatic ring is 1. The molecule has 3 heterocycles. The third kappa shape index (κ3) is 4.10. The fraction of sp³-hybridized carbons (Fsp3) is 0. The van der Waals surface area contributed by atoms with Crippen LogP contribution in [0, 0.1) is 0 Å². The summed E-state index contributed by atoms with van der Waals surface area (Å²) >= 11 is 16.8. The molecule has 0 fully saturated rings. The molecule has 3 N–H and O–H groups in total. The summed E-state index contributed by atoms with van der Waals surface area (Å²) in [6, 6.07) is 9.94. The van der Waals surface area contributed by atoms with E-state index in [0.29, 0.717) is 41.9 Å². The number of benzene rings is 1. The number of amides is 1. The largest absolute Gasteiger partial charge is 0.374 e. The number of hydrogen-bond acceptors (Lipinski definition) is 7. The van der Waals surface area contributed by atoms with Gasteiger partial charge in [-0.3, -0.25) is 4.79 Å². The number of pyridine rings is 1. The van der Waals surface area contributed by atoms with E-state index in [0.717, 1.165) is 0 Å². The number of halogens is 3. The first kappa shape index (κ1) is 19.8. The van der Waals surface area contributed by atoms with Gasteiger partial charge in [0, 0.05) is 22.8 Å². The van der Waals surface area contributed by atoms with Crippen molar-refractivity contribution in [1.82, 2.24) is 25.0 Å². The summed E-state index contributed by atoms with van der Waals surface area (Å²) in [6.07, 6.45) is 1.57. The van der Waals surface area contributed by atoms with Crippen LogP contribution in [0.2, 0.25) is 10.0 Å². The predicted octanol–water partition coefficient (Wildman–Crippen LogP) is 4.69. The van der Waals surface area contributed by atoms with E-state index in [1.807, 2.05) is 0 Å². The molecule has 29 heavy (non-hydrogen) atoms. The van der Waals surface area contributed by atoms with Crippen LogP contribution in [-0.4, -0.2) is 30.9 Å². The lowest BCUT2D eigenvalue weighted by Gasteiger charge is -2.11. The Balaban J connectivity index is 1.73. The number of nitrogens with two attached hydrogens (primary N) is 1. The summed E-state index contributed by atoms with van der Waals surface area (Å²) in [6.45, 7) is 0. The Labute approximate surface area is 186 Å². The molecule has 0 bridgehead atoms. The van der Waals surface area contributed by atoms with Crippen molar-refractivity contribution in [3.8, 4) is 16.4 Å². The second-order valence-electron chi connectivity index (χ2n) is 5.66. The molecule has 146 valence electrons. The predicted molar refractivity (Wildman–Crippen MR) is 117 cm³/mol. The Morgan fingerprint density at radius 3 is 2.76 bits per heavy atom. The van der Waals surface area contributed by atoms with Crippen molar-refractivity contribution in [2.75, 3.05) is 11.1 Å². The molecule has 3 aromatic heterocycles. The van der Waals surface area contributed by atoms with E-state index in [1.54, 1.807) is 42.6 Å². The number of rotatable bonds is 4. The van der Waals surface area contributed by atoms with Gasteiger partial charge < -0.3 is 11.1 Å². The van der Waals surface area contributed by atoms with Crippen LogP contribution in [0.1, 0.15) is 10.5 Å². The van der Waals surface area contributed by atoms with E-state index in [2.05, 4.69) is 41.5 Å². The minimum Gasteiger partial charge on any atom is -0.374 e. The van der Waals surface area contributed by atoms with E-state index in [-0.39, 0.29) is 5.69 Å². The van der Waals surface area contributed by atoms with Crippen LogP contribution >= 0.6 is 50.5 Å². The average molecular weight is 511 g/mol. The zero-order chi connectivity index (χ0) is 20.5. The number of hydrogen-bond donors (Lipinski definition) is 2. The van der Waals surface area contributed by atoms with Crippen LogP contribution in [0.15, 0.2) is 47.2 Å². The lowest BCUT2D eigenvalue weighted by molar-refractivity contribution is 0.101. The Hall–Kier alpha value is -2.53. The van der Waals surface area contributed by atoms with Gasteiger partial charge in [0.1, 0.15) is 10.3 Å². The lowest BCUT2D eigenvalue weighted by atomic mass is 10.2. The monoisotopic (exact) mass is 509 g/mol. The average Bonchev–Trinajstić information content (AvgIpc) is 3.29. The molecular weight excluding hydrogens is 501 g/mol. The number of carbonyl (C=O) groups is 1. The highest BCUT2D eigenvalue weighted by molar-refractivity contribution is 9.10. The first-order chi connectivity index (χ1) is 13.9. The van der Waals surface area contributed by atoms with Crippen LogP contribution in [0.3, 0.4) is 0 Å². The molecule has 8 nitrogen and oxygen atoms in total. The molecule has 0 aliphatic rings. The molecule has 1 aromatic carbocycles. The van der Waals surface area contributed by atoms with Gasteiger partial charge in [0.2, 0.25) is 5.13 Å². The zero-order valence-corrected chi connectivity index (χ0v) is 18.2. The van der Waals surface area contributed by atoms with Crippen LogP contribution in [0.4, 0.5) is 10.8 Å². The van der Waals surface area contributed by atoms with Crippen molar-refractivity contribution >= 4 is 67.2 Å². The highest BCUT2D eigenvalue weighted by Crippen LogP contribution is 2.34. The molecule has 1 amide bonds. The molecule has 4 rings (SSSR count). The maximum Gasteiger partial charge on any atom is 0.274 e. The van der Waals surface area contributed by atoms with Crippen LogP contribution < -0.4 is 11.1 Å². The molecule has 0 radical (unpaired) electrons. The van der Waals surface area contributed by atoms with Crippen molar-refractivity contribution < 1.29 is 4.79 Å². The van der Waals surface area contributed by atoms with E-state index in [9.17, 15) is 4.79 Å². The zero-order valence-electron chi connectivity index (χ0n) is 14.3. The summed E-state index contributed by atoms with van der Waals surface area (Å²) < 4.78 is 1.82. The summed E-state index contributed by atoms with van der Waals surface area (Å²) in [4.78, 5) is 17.3. The first-order valence-electron chi connectivity index (χ1n) is 7.99. The van der Waals surface area contributed by atoms with Crippen molar-refractivity contribution in [1.29, 1.82) is 0 Å². The third-order valence-corrected chi connectivity index (χ3v) is 5.46. The molecule has 0 saturated heterocycles. The van der Waals surface area contributed by atoms with Crippen molar-refractivity contribution in [3.05, 3.63) is 62.9 Å². The van der Waals surface area contributed by atoms with Gasteiger partial charge in [-0.25, -0.2) is 9.67 Å². The fourth-order valence-corrected chi connectivity index (χ4v) is 3.93. The van der Waals surface area contributed by atoms with Gasteiger partial charge in [0.15, 0.2) is 10.8 Å².